The number of carbonyl (C=O) groups is 2. The van der Waals surface area contributed by atoms with Crippen molar-refractivity contribution in [1.82, 2.24) is 10.6 Å². The molecule has 0 aliphatic heterocycles. The smallest absolute Gasteiger partial charge is 0.243 e. The van der Waals surface area contributed by atoms with E-state index in [9.17, 15) is 9.59 Å². The average Bonchev–Trinajstić information content (AvgIpc) is 2.66. The van der Waals surface area contributed by atoms with Gasteiger partial charge in [0.1, 0.15) is 0 Å². The van der Waals surface area contributed by atoms with Crippen molar-refractivity contribution in [2.45, 2.75) is 13.1 Å². The number of nitrogens with one attached hydrogen (secondary N) is 2. The van der Waals surface area contributed by atoms with E-state index in [1.54, 1.807) is 0 Å². The van der Waals surface area contributed by atoms with Crippen LogP contribution < -0.4 is 10.6 Å². The summed E-state index contributed by atoms with van der Waals surface area (Å²) in [5, 5.41) is 5.38. The van der Waals surface area contributed by atoms with Crippen LogP contribution in [-0.4, -0.2) is 11.8 Å². The molecule has 0 saturated carbocycles. The SMILES string of the molecule is C=CC(=O)NCc1ccccc1.C=CC(=O)NCc1ccccc1. The van der Waals surface area contributed by atoms with Crippen LogP contribution in [0.2, 0.25) is 0 Å². The molecular formula is C20H22N2O2. The average molecular weight is 322 g/mol. The van der Waals surface area contributed by atoms with Gasteiger partial charge in [-0.05, 0) is 23.3 Å². The topological polar surface area (TPSA) is 58.2 Å². The number of amides is 2. The molecule has 2 amide bonds. The van der Waals surface area contributed by atoms with E-state index in [1.165, 1.54) is 12.2 Å². The second-order valence-corrected chi connectivity index (χ2v) is 4.82. The second-order valence-electron chi connectivity index (χ2n) is 4.82. The predicted molar refractivity (Wildman–Crippen MR) is 97.0 cm³/mol. The van der Waals surface area contributed by atoms with Crippen LogP contribution >= 0.6 is 0 Å². The summed E-state index contributed by atoms with van der Waals surface area (Å²) in [5.74, 6) is -0.280. The van der Waals surface area contributed by atoms with Crippen molar-refractivity contribution in [3.05, 3.63) is 97.1 Å². The van der Waals surface area contributed by atoms with E-state index in [2.05, 4.69) is 23.8 Å². The summed E-state index contributed by atoms with van der Waals surface area (Å²) in [6.07, 6.45) is 2.53. The minimum Gasteiger partial charge on any atom is -0.348 e. The Morgan fingerprint density at radius 1 is 0.708 bits per heavy atom. The Balaban J connectivity index is 0.000000240. The predicted octanol–water partition coefficient (Wildman–Crippen LogP) is 2.98. The van der Waals surface area contributed by atoms with Gasteiger partial charge in [-0.1, -0.05) is 73.8 Å². The highest BCUT2D eigenvalue weighted by Crippen LogP contribution is 1.97. The number of carbonyl (C=O) groups excluding carboxylic acids is 2. The summed E-state index contributed by atoms with van der Waals surface area (Å²) in [7, 11) is 0. The van der Waals surface area contributed by atoms with Crippen molar-refractivity contribution >= 4 is 11.8 Å². The van der Waals surface area contributed by atoms with Crippen LogP contribution in [0.4, 0.5) is 0 Å². The molecule has 0 unspecified atom stereocenters. The lowest BCUT2D eigenvalue weighted by molar-refractivity contribution is -0.117. The van der Waals surface area contributed by atoms with E-state index in [-0.39, 0.29) is 11.8 Å². The van der Waals surface area contributed by atoms with Crippen LogP contribution in [0.3, 0.4) is 0 Å². The maximum Gasteiger partial charge on any atom is 0.243 e. The van der Waals surface area contributed by atoms with Gasteiger partial charge in [0.25, 0.3) is 0 Å². The highest BCUT2D eigenvalue weighted by molar-refractivity contribution is 5.87. The van der Waals surface area contributed by atoms with E-state index in [1.807, 2.05) is 60.7 Å². The minimum atomic E-state index is -0.140. The molecule has 4 heteroatoms. The molecule has 2 aromatic rings. The highest BCUT2D eigenvalue weighted by atomic mass is 16.2. The van der Waals surface area contributed by atoms with Crippen molar-refractivity contribution < 1.29 is 9.59 Å². The van der Waals surface area contributed by atoms with Crippen LogP contribution in [-0.2, 0) is 22.7 Å². The molecule has 4 nitrogen and oxygen atoms in total. The van der Waals surface area contributed by atoms with Gasteiger partial charge in [0.15, 0.2) is 0 Å². The van der Waals surface area contributed by atoms with E-state index < -0.39 is 0 Å². The standard InChI is InChI=1S/2C10H11NO/c2*1-2-10(12)11-8-9-6-4-3-5-7-9/h2*2-7H,1,8H2,(H,11,12). The second kappa shape index (κ2) is 11.4. The lowest BCUT2D eigenvalue weighted by atomic mass is 10.2. The summed E-state index contributed by atoms with van der Waals surface area (Å²) in [4.78, 5) is 21.5. The Morgan fingerprint density at radius 2 is 1.04 bits per heavy atom. The first-order valence-corrected chi connectivity index (χ1v) is 7.54. The van der Waals surface area contributed by atoms with Crippen molar-refractivity contribution in [3.8, 4) is 0 Å². The lowest BCUT2D eigenvalue weighted by Gasteiger charge is -2.00. The third-order valence-corrected chi connectivity index (χ3v) is 2.99. The van der Waals surface area contributed by atoms with E-state index >= 15 is 0 Å². The van der Waals surface area contributed by atoms with Gasteiger partial charge in [-0.25, -0.2) is 0 Å². The zero-order valence-electron chi connectivity index (χ0n) is 13.6. The van der Waals surface area contributed by atoms with Crippen LogP contribution in [0.5, 0.6) is 0 Å². The summed E-state index contributed by atoms with van der Waals surface area (Å²) < 4.78 is 0. The molecule has 2 N–H and O–H groups in total. The summed E-state index contributed by atoms with van der Waals surface area (Å²) in [5.41, 5.74) is 2.18. The minimum absolute atomic E-state index is 0.140. The molecular weight excluding hydrogens is 300 g/mol. The van der Waals surface area contributed by atoms with Gasteiger partial charge in [0.2, 0.25) is 11.8 Å². The monoisotopic (exact) mass is 322 g/mol. The molecule has 0 aromatic heterocycles. The first kappa shape index (κ1) is 18.9. The number of hydrogen-bond acceptors (Lipinski definition) is 2. The highest BCUT2D eigenvalue weighted by Gasteiger charge is 1.94. The zero-order chi connectivity index (χ0) is 17.6. The third-order valence-electron chi connectivity index (χ3n) is 2.99. The van der Waals surface area contributed by atoms with Gasteiger partial charge in [-0.2, -0.15) is 0 Å². The number of benzene rings is 2. The summed E-state index contributed by atoms with van der Waals surface area (Å²) in [6, 6.07) is 19.5. The molecule has 0 fully saturated rings. The molecule has 0 atom stereocenters. The molecule has 2 rings (SSSR count). The fraction of sp³-hybridized carbons (Fsp3) is 0.100. The Morgan fingerprint density at radius 3 is 1.33 bits per heavy atom. The summed E-state index contributed by atoms with van der Waals surface area (Å²) >= 11 is 0. The first-order valence-electron chi connectivity index (χ1n) is 7.54. The van der Waals surface area contributed by atoms with Gasteiger partial charge >= 0.3 is 0 Å². The maximum absolute atomic E-state index is 10.8. The van der Waals surface area contributed by atoms with Gasteiger partial charge in [0.05, 0.1) is 0 Å². The Kier molecular flexibility index (Phi) is 9.01. The van der Waals surface area contributed by atoms with Crippen molar-refractivity contribution in [1.29, 1.82) is 0 Å². The number of rotatable bonds is 6. The molecule has 0 saturated heterocycles. The molecule has 0 aliphatic carbocycles. The Hall–Kier alpha value is -3.14. The van der Waals surface area contributed by atoms with Crippen LogP contribution in [0.25, 0.3) is 0 Å². The molecule has 0 bridgehead atoms. The first-order chi connectivity index (χ1) is 11.7. The number of hydrogen-bond donors (Lipinski definition) is 2. The quantitative estimate of drug-likeness (QED) is 0.803. The zero-order valence-corrected chi connectivity index (χ0v) is 13.6. The van der Waals surface area contributed by atoms with Gasteiger partial charge in [-0.3, -0.25) is 9.59 Å². The molecule has 0 spiro atoms. The van der Waals surface area contributed by atoms with Crippen molar-refractivity contribution in [2.24, 2.45) is 0 Å². The van der Waals surface area contributed by atoms with Gasteiger partial charge < -0.3 is 10.6 Å². The van der Waals surface area contributed by atoms with Crippen LogP contribution in [0, 0.1) is 0 Å². The Bertz CT molecular complexity index is 592. The maximum atomic E-state index is 10.8. The molecule has 24 heavy (non-hydrogen) atoms. The fourth-order valence-electron chi connectivity index (χ4n) is 1.71. The third kappa shape index (κ3) is 8.34. The summed E-state index contributed by atoms with van der Waals surface area (Å²) in [6.45, 7) is 7.84. The van der Waals surface area contributed by atoms with Crippen LogP contribution in [0.15, 0.2) is 86.0 Å². The molecule has 124 valence electrons. The van der Waals surface area contributed by atoms with Gasteiger partial charge in [0, 0.05) is 13.1 Å². The lowest BCUT2D eigenvalue weighted by Crippen LogP contribution is -2.19. The van der Waals surface area contributed by atoms with E-state index in [4.69, 9.17) is 0 Å². The van der Waals surface area contributed by atoms with E-state index in [0.717, 1.165) is 11.1 Å². The van der Waals surface area contributed by atoms with E-state index in [0.29, 0.717) is 13.1 Å². The normalized spacial score (nSPS) is 9.00. The van der Waals surface area contributed by atoms with Crippen molar-refractivity contribution in [3.63, 3.8) is 0 Å². The largest absolute Gasteiger partial charge is 0.348 e. The molecule has 0 radical (unpaired) electrons. The molecule has 2 aromatic carbocycles. The van der Waals surface area contributed by atoms with Gasteiger partial charge in [-0.15, -0.1) is 0 Å². The molecule has 0 heterocycles. The van der Waals surface area contributed by atoms with Crippen molar-refractivity contribution in [2.75, 3.05) is 0 Å². The molecule has 0 aliphatic rings. The fourth-order valence-corrected chi connectivity index (χ4v) is 1.71. The Labute approximate surface area is 142 Å². The van der Waals surface area contributed by atoms with Crippen LogP contribution in [0.1, 0.15) is 11.1 Å².